The maximum Gasteiger partial charge on any atom is 0.339 e. The van der Waals surface area contributed by atoms with Crippen LogP contribution >= 0.6 is 31.9 Å². The molecule has 0 atom stereocenters. The fraction of sp³-hybridized carbons (Fsp3) is 0. The summed E-state index contributed by atoms with van der Waals surface area (Å²) in [5.74, 6) is -0.980. The first-order valence-corrected chi connectivity index (χ1v) is 6.71. The highest BCUT2D eigenvalue weighted by atomic mass is 79.9. The maximum atomic E-state index is 13.1. The van der Waals surface area contributed by atoms with Crippen molar-refractivity contribution in [3.8, 4) is 11.5 Å². The summed E-state index contributed by atoms with van der Waals surface area (Å²) >= 11 is 6.23. The number of carboxylic acids is 1. The SMILES string of the molecule is O=C(O)c1cc(Br)ccc1Oc1ccc(F)c(Br)c1. The summed E-state index contributed by atoms with van der Waals surface area (Å²) in [7, 11) is 0. The lowest BCUT2D eigenvalue weighted by molar-refractivity contribution is 0.0694. The normalized spacial score (nSPS) is 10.3. The second kappa shape index (κ2) is 5.71. The van der Waals surface area contributed by atoms with E-state index in [2.05, 4.69) is 31.9 Å². The Kier molecular flexibility index (Phi) is 4.21. The summed E-state index contributed by atoms with van der Waals surface area (Å²) in [6.07, 6.45) is 0. The van der Waals surface area contributed by atoms with Crippen LogP contribution < -0.4 is 4.74 Å². The Morgan fingerprint density at radius 2 is 1.89 bits per heavy atom. The van der Waals surface area contributed by atoms with E-state index in [1.165, 1.54) is 30.3 Å². The average Bonchev–Trinajstić information content (AvgIpc) is 2.36. The van der Waals surface area contributed by atoms with Crippen molar-refractivity contribution >= 4 is 37.8 Å². The van der Waals surface area contributed by atoms with Crippen molar-refractivity contribution in [3.05, 3.63) is 56.7 Å². The summed E-state index contributed by atoms with van der Waals surface area (Å²) < 4.78 is 19.4. The van der Waals surface area contributed by atoms with E-state index in [1.54, 1.807) is 6.07 Å². The predicted molar refractivity (Wildman–Crippen MR) is 75.3 cm³/mol. The lowest BCUT2D eigenvalue weighted by atomic mass is 10.2. The molecular formula is C13H7Br2FO3. The van der Waals surface area contributed by atoms with Gasteiger partial charge >= 0.3 is 5.97 Å². The molecule has 0 aliphatic heterocycles. The fourth-order valence-electron chi connectivity index (χ4n) is 1.43. The van der Waals surface area contributed by atoms with E-state index in [-0.39, 0.29) is 15.8 Å². The third-order valence-electron chi connectivity index (χ3n) is 2.29. The standard InChI is InChI=1S/C13H7Br2FO3/c14-7-1-4-12(9(5-7)13(17)18)19-8-2-3-11(16)10(15)6-8/h1-6H,(H,17,18). The quantitative estimate of drug-likeness (QED) is 0.816. The van der Waals surface area contributed by atoms with Crippen molar-refractivity contribution in [2.24, 2.45) is 0 Å². The van der Waals surface area contributed by atoms with Crippen molar-refractivity contribution in [1.29, 1.82) is 0 Å². The third kappa shape index (κ3) is 3.33. The molecular weight excluding hydrogens is 383 g/mol. The number of hydrogen-bond acceptors (Lipinski definition) is 2. The van der Waals surface area contributed by atoms with Crippen LogP contribution in [0.5, 0.6) is 11.5 Å². The number of rotatable bonds is 3. The van der Waals surface area contributed by atoms with Crippen LogP contribution in [0.1, 0.15) is 10.4 Å². The van der Waals surface area contributed by atoms with Gasteiger partial charge in [0, 0.05) is 4.47 Å². The van der Waals surface area contributed by atoms with E-state index >= 15 is 0 Å². The molecule has 0 saturated heterocycles. The van der Waals surface area contributed by atoms with Crippen LogP contribution in [0, 0.1) is 5.82 Å². The number of benzene rings is 2. The summed E-state index contributed by atoms with van der Waals surface area (Å²) in [5, 5.41) is 9.10. The molecule has 2 rings (SSSR count). The summed E-state index contributed by atoms with van der Waals surface area (Å²) in [6.45, 7) is 0. The van der Waals surface area contributed by atoms with Crippen molar-refractivity contribution in [3.63, 3.8) is 0 Å². The molecule has 0 amide bonds. The van der Waals surface area contributed by atoms with Gasteiger partial charge in [0.1, 0.15) is 22.9 Å². The van der Waals surface area contributed by atoms with E-state index in [9.17, 15) is 9.18 Å². The van der Waals surface area contributed by atoms with Gasteiger partial charge < -0.3 is 9.84 Å². The lowest BCUT2D eigenvalue weighted by Gasteiger charge is -2.09. The highest BCUT2D eigenvalue weighted by Gasteiger charge is 2.13. The number of ether oxygens (including phenoxy) is 1. The molecule has 1 N–H and O–H groups in total. The van der Waals surface area contributed by atoms with Gasteiger partial charge in [-0.25, -0.2) is 9.18 Å². The summed E-state index contributed by atoms with van der Waals surface area (Å²) in [5.41, 5.74) is 0.0230. The van der Waals surface area contributed by atoms with Crippen molar-refractivity contribution in [2.45, 2.75) is 0 Å². The number of carboxylic acid groups (broad SMARTS) is 1. The molecule has 0 unspecified atom stereocenters. The molecule has 0 aliphatic carbocycles. The Labute approximate surface area is 125 Å². The Hall–Kier alpha value is -1.40. The van der Waals surface area contributed by atoms with Crippen LogP contribution in [0.2, 0.25) is 0 Å². The van der Waals surface area contributed by atoms with Gasteiger partial charge in [0.05, 0.1) is 4.47 Å². The molecule has 6 heteroatoms. The van der Waals surface area contributed by atoms with Crippen LogP contribution in [0.25, 0.3) is 0 Å². The first-order chi connectivity index (χ1) is 8.97. The Balaban J connectivity index is 2.37. The number of hydrogen-bond donors (Lipinski definition) is 1. The van der Waals surface area contributed by atoms with Crippen LogP contribution in [0.3, 0.4) is 0 Å². The van der Waals surface area contributed by atoms with Gasteiger partial charge in [-0.05, 0) is 52.3 Å². The van der Waals surface area contributed by atoms with Gasteiger partial charge in [-0.15, -0.1) is 0 Å². The Bertz CT molecular complexity index is 644. The van der Waals surface area contributed by atoms with E-state index in [1.807, 2.05) is 0 Å². The van der Waals surface area contributed by atoms with Gasteiger partial charge in [0.2, 0.25) is 0 Å². The Morgan fingerprint density at radius 3 is 2.53 bits per heavy atom. The molecule has 2 aromatic rings. The third-order valence-corrected chi connectivity index (χ3v) is 3.39. The molecule has 0 spiro atoms. The Morgan fingerprint density at radius 1 is 1.16 bits per heavy atom. The minimum atomic E-state index is -1.10. The van der Waals surface area contributed by atoms with Crippen molar-refractivity contribution in [1.82, 2.24) is 0 Å². The van der Waals surface area contributed by atoms with E-state index in [4.69, 9.17) is 9.84 Å². The summed E-state index contributed by atoms with van der Waals surface area (Å²) in [6, 6.07) is 8.73. The molecule has 19 heavy (non-hydrogen) atoms. The maximum absolute atomic E-state index is 13.1. The van der Waals surface area contributed by atoms with Crippen LogP contribution in [0.15, 0.2) is 45.3 Å². The van der Waals surface area contributed by atoms with Gasteiger partial charge in [-0.1, -0.05) is 15.9 Å². The highest BCUT2D eigenvalue weighted by molar-refractivity contribution is 9.10. The van der Waals surface area contributed by atoms with Gasteiger partial charge in [0.25, 0.3) is 0 Å². The number of halogens is 3. The molecule has 98 valence electrons. The van der Waals surface area contributed by atoms with Crippen LogP contribution in [0.4, 0.5) is 4.39 Å². The topological polar surface area (TPSA) is 46.5 Å². The molecule has 2 aromatic carbocycles. The average molecular weight is 390 g/mol. The smallest absolute Gasteiger partial charge is 0.339 e. The molecule has 0 saturated carbocycles. The summed E-state index contributed by atoms with van der Waals surface area (Å²) in [4.78, 5) is 11.1. The van der Waals surface area contributed by atoms with E-state index < -0.39 is 11.8 Å². The second-order valence-corrected chi connectivity index (χ2v) is 5.39. The zero-order chi connectivity index (χ0) is 14.0. The van der Waals surface area contributed by atoms with Crippen molar-refractivity contribution < 1.29 is 19.0 Å². The van der Waals surface area contributed by atoms with Gasteiger partial charge in [-0.2, -0.15) is 0 Å². The predicted octanol–water partition coefficient (Wildman–Crippen LogP) is 4.84. The first-order valence-electron chi connectivity index (χ1n) is 5.13. The monoisotopic (exact) mass is 388 g/mol. The highest BCUT2D eigenvalue weighted by Crippen LogP contribution is 2.30. The molecule has 0 heterocycles. The van der Waals surface area contributed by atoms with Crippen LogP contribution in [-0.2, 0) is 0 Å². The van der Waals surface area contributed by atoms with Gasteiger partial charge in [0.15, 0.2) is 0 Å². The van der Waals surface area contributed by atoms with E-state index in [0.29, 0.717) is 10.2 Å². The lowest BCUT2D eigenvalue weighted by Crippen LogP contribution is -2.00. The molecule has 0 fully saturated rings. The minimum Gasteiger partial charge on any atom is -0.478 e. The fourth-order valence-corrected chi connectivity index (χ4v) is 2.14. The molecule has 0 bridgehead atoms. The zero-order valence-corrected chi connectivity index (χ0v) is 12.5. The first kappa shape index (κ1) is 14.0. The van der Waals surface area contributed by atoms with E-state index in [0.717, 1.165) is 0 Å². The largest absolute Gasteiger partial charge is 0.478 e. The van der Waals surface area contributed by atoms with Crippen LogP contribution in [-0.4, -0.2) is 11.1 Å². The minimum absolute atomic E-state index is 0.0230. The number of carbonyl (C=O) groups is 1. The molecule has 0 radical (unpaired) electrons. The van der Waals surface area contributed by atoms with Gasteiger partial charge in [-0.3, -0.25) is 0 Å². The molecule has 0 aromatic heterocycles. The second-order valence-electron chi connectivity index (χ2n) is 3.62. The molecule has 3 nitrogen and oxygen atoms in total. The van der Waals surface area contributed by atoms with Crippen molar-refractivity contribution in [2.75, 3.05) is 0 Å². The zero-order valence-electron chi connectivity index (χ0n) is 9.36. The molecule has 0 aliphatic rings. The number of aromatic carboxylic acids is 1.